The molecular formula is C13H17FN2O4S. The Morgan fingerprint density at radius 3 is 2.57 bits per heavy atom. The fourth-order valence-electron chi connectivity index (χ4n) is 2.14. The number of carbonyl (C=O) groups excluding carboxylic acids is 1. The Morgan fingerprint density at radius 2 is 2.00 bits per heavy atom. The lowest BCUT2D eigenvalue weighted by Crippen LogP contribution is -2.47. The first kappa shape index (κ1) is 15.7. The van der Waals surface area contributed by atoms with Gasteiger partial charge in [-0.15, -0.1) is 0 Å². The molecule has 0 aliphatic carbocycles. The number of morpholine rings is 1. The number of nitrogens with zero attached hydrogens (tertiary/aromatic N) is 1. The summed E-state index contributed by atoms with van der Waals surface area (Å²) in [7, 11) is -3.96. The predicted octanol–water partition coefficient (Wildman–Crippen LogP) is 0.429. The van der Waals surface area contributed by atoms with Crippen molar-refractivity contribution in [1.29, 1.82) is 0 Å². The normalized spacial score (nSPS) is 17.5. The number of amides is 1. The highest BCUT2D eigenvalue weighted by atomic mass is 32.2. The molecule has 1 saturated heterocycles. The molecule has 0 radical (unpaired) electrons. The number of nitrogen functional groups attached to an aromatic ring is 1. The van der Waals surface area contributed by atoms with Gasteiger partial charge in [-0.05, 0) is 25.1 Å². The van der Waals surface area contributed by atoms with Crippen LogP contribution in [0.3, 0.4) is 0 Å². The van der Waals surface area contributed by atoms with Gasteiger partial charge in [0.1, 0.15) is 11.1 Å². The Morgan fingerprint density at radius 1 is 1.38 bits per heavy atom. The van der Waals surface area contributed by atoms with Crippen LogP contribution in [-0.2, 0) is 19.4 Å². The second kappa shape index (κ2) is 5.98. The third-order valence-corrected chi connectivity index (χ3v) is 5.53. The Labute approximate surface area is 122 Å². The fourth-order valence-corrected chi connectivity index (χ4v) is 3.58. The van der Waals surface area contributed by atoms with Crippen LogP contribution in [0.4, 0.5) is 10.1 Å². The highest BCUT2D eigenvalue weighted by Crippen LogP contribution is 2.24. The summed E-state index contributed by atoms with van der Waals surface area (Å²) in [4.78, 5) is 13.5. The SMILES string of the molecule is CC(C(=O)N1CCOCC1)S(=O)(=O)c1ccc(F)cc1N. The molecule has 1 unspecified atom stereocenters. The molecule has 1 aromatic carbocycles. The molecule has 0 bridgehead atoms. The fraction of sp³-hybridized carbons (Fsp3) is 0.462. The summed E-state index contributed by atoms with van der Waals surface area (Å²) in [6, 6.07) is 3.02. The summed E-state index contributed by atoms with van der Waals surface area (Å²) in [6.07, 6.45) is 0. The molecule has 1 fully saturated rings. The average molecular weight is 316 g/mol. The molecule has 1 heterocycles. The molecule has 1 atom stereocenters. The van der Waals surface area contributed by atoms with Crippen LogP contribution in [0, 0.1) is 5.82 Å². The first-order valence-corrected chi connectivity index (χ1v) is 8.04. The molecule has 2 N–H and O–H groups in total. The lowest BCUT2D eigenvalue weighted by Gasteiger charge is -2.29. The summed E-state index contributed by atoms with van der Waals surface area (Å²) >= 11 is 0. The van der Waals surface area contributed by atoms with E-state index in [-0.39, 0.29) is 10.6 Å². The number of anilines is 1. The van der Waals surface area contributed by atoms with Gasteiger partial charge < -0.3 is 15.4 Å². The van der Waals surface area contributed by atoms with E-state index in [4.69, 9.17) is 10.5 Å². The quantitative estimate of drug-likeness (QED) is 0.645. The van der Waals surface area contributed by atoms with Crippen molar-refractivity contribution in [3.63, 3.8) is 0 Å². The van der Waals surface area contributed by atoms with Crippen LogP contribution < -0.4 is 5.73 Å². The second-order valence-electron chi connectivity index (χ2n) is 4.81. The second-order valence-corrected chi connectivity index (χ2v) is 7.04. The number of hydrogen-bond acceptors (Lipinski definition) is 5. The summed E-state index contributed by atoms with van der Waals surface area (Å²) in [5, 5.41) is -1.27. The van der Waals surface area contributed by atoms with E-state index in [1.807, 2.05) is 0 Å². The molecule has 1 amide bonds. The summed E-state index contributed by atoms with van der Waals surface area (Å²) in [5.41, 5.74) is 5.36. The predicted molar refractivity (Wildman–Crippen MR) is 74.9 cm³/mol. The molecule has 6 nitrogen and oxygen atoms in total. The van der Waals surface area contributed by atoms with E-state index >= 15 is 0 Å². The van der Waals surface area contributed by atoms with Gasteiger partial charge in [-0.25, -0.2) is 12.8 Å². The molecule has 1 aliphatic rings. The van der Waals surface area contributed by atoms with E-state index in [9.17, 15) is 17.6 Å². The van der Waals surface area contributed by atoms with Crippen molar-refractivity contribution < 1.29 is 22.3 Å². The van der Waals surface area contributed by atoms with Crippen molar-refractivity contribution in [3.8, 4) is 0 Å². The van der Waals surface area contributed by atoms with Gasteiger partial charge in [-0.2, -0.15) is 0 Å². The van der Waals surface area contributed by atoms with Crippen molar-refractivity contribution in [3.05, 3.63) is 24.0 Å². The Bertz CT molecular complexity index is 642. The Kier molecular flexibility index (Phi) is 4.48. The number of nitrogens with two attached hydrogens (primary N) is 1. The first-order valence-electron chi connectivity index (χ1n) is 6.49. The minimum Gasteiger partial charge on any atom is -0.398 e. The van der Waals surface area contributed by atoms with Crippen molar-refractivity contribution in [2.24, 2.45) is 0 Å². The number of ether oxygens (including phenoxy) is 1. The number of carbonyl (C=O) groups is 1. The topological polar surface area (TPSA) is 89.7 Å². The van der Waals surface area contributed by atoms with Crippen molar-refractivity contribution >= 4 is 21.4 Å². The smallest absolute Gasteiger partial charge is 0.241 e. The molecule has 21 heavy (non-hydrogen) atoms. The van der Waals surface area contributed by atoms with E-state index in [0.29, 0.717) is 26.3 Å². The van der Waals surface area contributed by atoms with Gasteiger partial charge >= 0.3 is 0 Å². The maximum Gasteiger partial charge on any atom is 0.241 e. The molecular weight excluding hydrogens is 299 g/mol. The van der Waals surface area contributed by atoms with E-state index in [1.54, 1.807) is 0 Å². The maximum absolute atomic E-state index is 13.0. The number of hydrogen-bond donors (Lipinski definition) is 1. The molecule has 8 heteroatoms. The minimum atomic E-state index is -3.96. The molecule has 0 saturated carbocycles. The monoisotopic (exact) mass is 316 g/mol. The summed E-state index contributed by atoms with van der Waals surface area (Å²) in [6.45, 7) is 2.81. The molecule has 1 aromatic rings. The lowest BCUT2D eigenvalue weighted by molar-refractivity contribution is -0.134. The third-order valence-electron chi connectivity index (χ3n) is 3.41. The van der Waals surface area contributed by atoms with Gasteiger partial charge in [-0.1, -0.05) is 0 Å². The van der Waals surface area contributed by atoms with Crippen LogP contribution >= 0.6 is 0 Å². The largest absolute Gasteiger partial charge is 0.398 e. The highest BCUT2D eigenvalue weighted by Gasteiger charge is 2.34. The Hall–Kier alpha value is -1.67. The Balaban J connectivity index is 2.27. The van der Waals surface area contributed by atoms with E-state index in [2.05, 4.69) is 0 Å². The average Bonchev–Trinajstić information content (AvgIpc) is 2.46. The zero-order chi connectivity index (χ0) is 15.6. The minimum absolute atomic E-state index is 0.198. The maximum atomic E-state index is 13.0. The zero-order valence-corrected chi connectivity index (χ0v) is 12.4. The van der Waals surface area contributed by atoms with Crippen LogP contribution in [0.1, 0.15) is 6.92 Å². The van der Waals surface area contributed by atoms with Crippen LogP contribution in [-0.4, -0.2) is 50.8 Å². The van der Waals surface area contributed by atoms with Gasteiger partial charge in [0.2, 0.25) is 5.91 Å². The van der Waals surface area contributed by atoms with Gasteiger partial charge in [0, 0.05) is 13.1 Å². The van der Waals surface area contributed by atoms with Crippen LogP contribution in [0.15, 0.2) is 23.1 Å². The molecule has 0 spiro atoms. The van der Waals surface area contributed by atoms with Gasteiger partial charge in [0.25, 0.3) is 0 Å². The highest BCUT2D eigenvalue weighted by molar-refractivity contribution is 7.93. The van der Waals surface area contributed by atoms with Crippen molar-refractivity contribution in [2.45, 2.75) is 17.1 Å². The lowest BCUT2D eigenvalue weighted by atomic mass is 10.3. The van der Waals surface area contributed by atoms with E-state index in [0.717, 1.165) is 18.2 Å². The molecule has 2 rings (SSSR count). The third kappa shape index (κ3) is 3.16. The number of halogens is 1. The standard InChI is InChI=1S/C13H17FN2O4S/c1-9(13(17)16-4-6-20-7-5-16)21(18,19)12-3-2-10(14)8-11(12)15/h2-3,8-9H,4-7,15H2,1H3. The van der Waals surface area contributed by atoms with Crippen LogP contribution in [0.25, 0.3) is 0 Å². The van der Waals surface area contributed by atoms with Crippen molar-refractivity contribution in [2.75, 3.05) is 32.0 Å². The van der Waals surface area contributed by atoms with Crippen molar-refractivity contribution in [1.82, 2.24) is 4.90 Å². The van der Waals surface area contributed by atoms with Crippen LogP contribution in [0.2, 0.25) is 0 Å². The summed E-state index contributed by atoms with van der Waals surface area (Å²) < 4.78 is 43.1. The van der Waals surface area contributed by atoms with E-state index in [1.165, 1.54) is 11.8 Å². The van der Waals surface area contributed by atoms with E-state index < -0.39 is 26.8 Å². The van der Waals surface area contributed by atoms with Gasteiger partial charge in [0.05, 0.1) is 23.8 Å². The first-order chi connectivity index (χ1) is 9.84. The zero-order valence-electron chi connectivity index (χ0n) is 11.6. The molecule has 1 aliphatic heterocycles. The van der Waals surface area contributed by atoms with Gasteiger partial charge in [-0.3, -0.25) is 4.79 Å². The number of rotatable bonds is 3. The summed E-state index contributed by atoms with van der Waals surface area (Å²) in [5.74, 6) is -1.12. The van der Waals surface area contributed by atoms with Gasteiger partial charge in [0.15, 0.2) is 9.84 Å². The van der Waals surface area contributed by atoms with Crippen LogP contribution in [0.5, 0.6) is 0 Å². The number of benzene rings is 1. The molecule has 116 valence electrons. The molecule has 0 aromatic heterocycles. The number of sulfone groups is 1.